The maximum atomic E-state index is 5.85. The molecule has 0 fully saturated rings. The zero-order valence-corrected chi connectivity index (χ0v) is 20.5. The maximum absolute atomic E-state index is 5.85. The summed E-state index contributed by atoms with van der Waals surface area (Å²) in [6.07, 6.45) is 7.14. The Hall–Kier alpha value is -3.82. The number of pyridine rings is 1. The van der Waals surface area contributed by atoms with Crippen molar-refractivity contribution < 1.29 is 14.2 Å². The van der Waals surface area contributed by atoms with Crippen LogP contribution in [0.3, 0.4) is 0 Å². The number of methoxy groups -OCH3 is 1. The van der Waals surface area contributed by atoms with E-state index < -0.39 is 0 Å². The quantitative estimate of drug-likeness (QED) is 0.307. The van der Waals surface area contributed by atoms with Gasteiger partial charge in [-0.3, -0.25) is 4.99 Å². The van der Waals surface area contributed by atoms with Gasteiger partial charge in [0, 0.05) is 35.7 Å². The molecule has 0 saturated heterocycles. The van der Waals surface area contributed by atoms with Gasteiger partial charge in [0.05, 0.1) is 18.9 Å². The monoisotopic (exact) mass is 469 g/mol. The molecule has 0 amide bonds. The second kappa shape index (κ2) is 11.5. The molecule has 0 bridgehead atoms. The maximum Gasteiger partial charge on any atom is 0.218 e. The minimum atomic E-state index is 0.218. The van der Waals surface area contributed by atoms with Gasteiger partial charge in [0.25, 0.3) is 0 Å². The molecule has 0 N–H and O–H groups in total. The molecule has 1 aromatic heterocycles. The predicted molar refractivity (Wildman–Crippen MR) is 140 cm³/mol. The molecule has 180 valence electrons. The predicted octanol–water partition coefficient (Wildman–Crippen LogP) is 5.06. The average molecular weight is 470 g/mol. The Labute approximate surface area is 207 Å². The second-order valence-corrected chi connectivity index (χ2v) is 8.60. The number of benzene rings is 2. The fourth-order valence-electron chi connectivity index (χ4n) is 4.02. The van der Waals surface area contributed by atoms with Crippen molar-refractivity contribution in [2.45, 2.75) is 26.3 Å². The van der Waals surface area contributed by atoms with Crippen molar-refractivity contribution in [2.24, 2.45) is 4.99 Å². The highest BCUT2D eigenvalue weighted by molar-refractivity contribution is 6.17. The summed E-state index contributed by atoms with van der Waals surface area (Å²) in [6, 6.07) is 18.6. The number of hydrogen-bond acceptors (Lipinski definition) is 6. The minimum absolute atomic E-state index is 0.218. The number of rotatable bonds is 10. The normalized spacial score (nSPS) is 12.7. The lowest BCUT2D eigenvalue weighted by molar-refractivity contribution is 0.143. The van der Waals surface area contributed by atoms with Crippen LogP contribution in [0.1, 0.15) is 42.0 Å². The van der Waals surface area contributed by atoms with Gasteiger partial charge in [-0.2, -0.15) is 0 Å². The van der Waals surface area contributed by atoms with Crippen molar-refractivity contribution in [1.82, 2.24) is 4.98 Å². The van der Waals surface area contributed by atoms with Crippen molar-refractivity contribution in [3.8, 4) is 24.0 Å². The van der Waals surface area contributed by atoms with Crippen LogP contribution in [0.2, 0.25) is 0 Å². The van der Waals surface area contributed by atoms with Gasteiger partial charge in [-0.1, -0.05) is 50.1 Å². The van der Waals surface area contributed by atoms with E-state index >= 15 is 0 Å². The summed E-state index contributed by atoms with van der Waals surface area (Å²) < 4.78 is 16.7. The molecule has 1 aliphatic heterocycles. The molecule has 6 nitrogen and oxygen atoms in total. The Morgan fingerprint density at radius 2 is 1.89 bits per heavy atom. The van der Waals surface area contributed by atoms with E-state index in [9.17, 15) is 0 Å². The van der Waals surface area contributed by atoms with Crippen molar-refractivity contribution >= 4 is 11.4 Å². The summed E-state index contributed by atoms with van der Waals surface area (Å²) in [5.74, 6) is 4.34. The SMILES string of the molecule is C#CCOc1ccc2c(c1)C(c1ccc(C(C)C)cc1)=NCN2Cc1cccnc1OCCOC. The van der Waals surface area contributed by atoms with Crippen LogP contribution >= 0.6 is 0 Å². The van der Waals surface area contributed by atoms with Gasteiger partial charge in [0.2, 0.25) is 5.88 Å². The number of aliphatic imine (C=N–C) groups is 1. The lowest BCUT2D eigenvalue weighted by atomic mass is 9.95. The number of nitrogens with zero attached hydrogens (tertiary/aromatic N) is 3. The fourth-order valence-corrected chi connectivity index (χ4v) is 4.02. The Morgan fingerprint density at radius 1 is 1.06 bits per heavy atom. The molecule has 4 rings (SSSR count). The highest BCUT2D eigenvalue weighted by Crippen LogP contribution is 2.33. The van der Waals surface area contributed by atoms with Crippen LogP contribution < -0.4 is 14.4 Å². The zero-order chi connectivity index (χ0) is 24.6. The van der Waals surface area contributed by atoms with E-state index in [-0.39, 0.29) is 6.61 Å². The van der Waals surface area contributed by atoms with E-state index in [1.54, 1.807) is 13.3 Å². The van der Waals surface area contributed by atoms with Gasteiger partial charge in [-0.25, -0.2) is 4.98 Å². The Bertz CT molecular complexity index is 1210. The molecule has 0 radical (unpaired) electrons. The highest BCUT2D eigenvalue weighted by atomic mass is 16.5. The molecule has 0 atom stereocenters. The van der Waals surface area contributed by atoms with Crippen LogP contribution in [-0.4, -0.2) is 44.3 Å². The molecule has 0 unspecified atom stereocenters. The molecule has 2 heterocycles. The third kappa shape index (κ3) is 5.82. The molecule has 0 spiro atoms. The standard InChI is InChI=1S/C29H31N3O3/c1-5-15-34-25-12-13-27-26(18-25)28(23-10-8-22(9-11-23)21(2)3)31-20-32(27)19-24-7-6-14-30-29(24)35-17-16-33-4/h1,6-14,18,21H,15-17,19-20H2,2-4H3. The molecular formula is C29H31N3O3. The van der Waals surface area contributed by atoms with E-state index in [1.165, 1.54) is 5.56 Å². The van der Waals surface area contributed by atoms with Crippen molar-refractivity contribution in [2.75, 3.05) is 38.5 Å². The van der Waals surface area contributed by atoms with E-state index in [0.717, 1.165) is 33.8 Å². The van der Waals surface area contributed by atoms with Crippen molar-refractivity contribution in [3.63, 3.8) is 0 Å². The van der Waals surface area contributed by atoms with Crippen molar-refractivity contribution in [1.29, 1.82) is 0 Å². The third-order valence-electron chi connectivity index (χ3n) is 5.87. The van der Waals surface area contributed by atoms with Crippen LogP contribution in [0, 0.1) is 12.3 Å². The van der Waals surface area contributed by atoms with Gasteiger partial charge >= 0.3 is 0 Å². The molecule has 3 aromatic rings. The summed E-state index contributed by atoms with van der Waals surface area (Å²) in [5.41, 5.74) is 6.39. The van der Waals surface area contributed by atoms with E-state index in [4.69, 9.17) is 25.6 Å². The fraction of sp³-hybridized carbons (Fsp3) is 0.310. The molecule has 6 heteroatoms. The summed E-state index contributed by atoms with van der Waals surface area (Å²) >= 11 is 0. The van der Waals surface area contributed by atoms with Gasteiger partial charge in [0.15, 0.2) is 0 Å². The number of terminal acetylenes is 1. The lowest BCUT2D eigenvalue weighted by Crippen LogP contribution is -2.30. The van der Waals surface area contributed by atoms with Gasteiger partial charge in [-0.15, -0.1) is 6.42 Å². The third-order valence-corrected chi connectivity index (χ3v) is 5.87. The van der Waals surface area contributed by atoms with Crippen LogP contribution in [0.5, 0.6) is 11.6 Å². The topological polar surface area (TPSA) is 56.2 Å². The zero-order valence-electron chi connectivity index (χ0n) is 20.5. The number of hydrogen-bond donors (Lipinski definition) is 0. The number of anilines is 1. The van der Waals surface area contributed by atoms with E-state index in [0.29, 0.717) is 38.2 Å². The summed E-state index contributed by atoms with van der Waals surface area (Å²) in [5, 5.41) is 0. The molecule has 2 aromatic carbocycles. The first-order valence-electron chi connectivity index (χ1n) is 11.8. The lowest BCUT2D eigenvalue weighted by Gasteiger charge is -2.31. The summed E-state index contributed by atoms with van der Waals surface area (Å²) in [4.78, 5) is 11.6. The smallest absolute Gasteiger partial charge is 0.218 e. The van der Waals surface area contributed by atoms with E-state index in [2.05, 4.69) is 60.0 Å². The Kier molecular flexibility index (Phi) is 8.02. The summed E-state index contributed by atoms with van der Waals surface area (Å²) in [7, 11) is 1.65. The molecule has 0 saturated carbocycles. The summed E-state index contributed by atoms with van der Waals surface area (Å²) in [6.45, 7) is 6.69. The highest BCUT2D eigenvalue weighted by Gasteiger charge is 2.23. The number of ether oxygens (including phenoxy) is 3. The van der Waals surface area contributed by atoms with Crippen LogP contribution in [0.15, 0.2) is 65.8 Å². The second-order valence-electron chi connectivity index (χ2n) is 8.60. The van der Waals surface area contributed by atoms with Gasteiger partial charge in [0.1, 0.15) is 25.6 Å². The first-order chi connectivity index (χ1) is 17.1. The Morgan fingerprint density at radius 3 is 2.63 bits per heavy atom. The molecule has 0 aliphatic carbocycles. The van der Waals surface area contributed by atoms with Gasteiger partial charge in [-0.05, 0) is 35.7 Å². The molecule has 35 heavy (non-hydrogen) atoms. The van der Waals surface area contributed by atoms with Crippen LogP contribution in [0.25, 0.3) is 0 Å². The van der Waals surface area contributed by atoms with Crippen molar-refractivity contribution in [3.05, 3.63) is 83.0 Å². The first-order valence-corrected chi connectivity index (χ1v) is 11.8. The number of aromatic nitrogens is 1. The minimum Gasteiger partial charge on any atom is -0.481 e. The van der Waals surface area contributed by atoms with Crippen LogP contribution in [0.4, 0.5) is 5.69 Å². The Balaban J connectivity index is 1.66. The van der Waals surface area contributed by atoms with Crippen LogP contribution in [-0.2, 0) is 11.3 Å². The number of fused-ring (bicyclic) bond motifs is 1. The molecule has 1 aliphatic rings. The van der Waals surface area contributed by atoms with E-state index in [1.807, 2.05) is 24.3 Å². The van der Waals surface area contributed by atoms with Gasteiger partial charge < -0.3 is 19.1 Å². The molecular weight excluding hydrogens is 438 g/mol. The average Bonchev–Trinajstić information content (AvgIpc) is 2.88. The first kappa shape index (κ1) is 24.3. The largest absolute Gasteiger partial charge is 0.481 e.